The molecule has 1 saturated heterocycles. The lowest BCUT2D eigenvalue weighted by molar-refractivity contribution is -0.121. The number of carbonyl (C=O) groups is 3. The third-order valence-corrected chi connectivity index (χ3v) is 6.79. The Labute approximate surface area is 205 Å². The standard InChI is InChI=1S/C23H25N7O4S/c31-19-2-1-15-11-14(3-6-24-15)23-28-18(13-35-23)21(32)27-17-12-30(16-4-9-34-10-5-16)29-20(17)22(33)26-8-7-25-19/h3,6,11-13,16H,1-2,4-5,7-10H2,(H,25,31)(H,26,33)(H,27,32). The van der Waals surface area contributed by atoms with Crippen LogP contribution in [-0.2, 0) is 16.0 Å². The van der Waals surface area contributed by atoms with Crippen molar-refractivity contribution in [1.29, 1.82) is 0 Å². The zero-order valence-corrected chi connectivity index (χ0v) is 19.8. The van der Waals surface area contributed by atoms with Crippen molar-refractivity contribution in [3.05, 3.63) is 47.0 Å². The molecule has 0 aromatic carbocycles. The first-order valence-electron chi connectivity index (χ1n) is 11.5. The second kappa shape index (κ2) is 10.3. The van der Waals surface area contributed by atoms with Crippen LogP contribution < -0.4 is 16.0 Å². The minimum absolute atomic E-state index is 0.0774. The lowest BCUT2D eigenvalue weighted by Gasteiger charge is -2.22. The number of pyridine rings is 1. The average Bonchev–Trinajstić information content (AvgIpc) is 3.54. The predicted octanol–water partition coefficient (Wildman–Crippen LogP) is 1.80. The van der Waals surface area contributed by atoms with Gasteiger partial charge in [0.2, 0.25) is 5.91 Å². The van der Waals surface area contributed by atoms with Crippen LogP contribution in [0.3, 0.4) is 0 Å². The van der Waals surface area contributed by atoms with Crippen molar-refractivity contribution >= 4 is 34.7 Å². The smallest absolute Gasteiger partial charge is 0.275 e. The number of thiazole rings is 1. The maximum Gasteiger partial charge on any atom is 0.275 e. The van der Waals surface area contributed by atoms with Gasteiger partial charge in [0, 0.05) is 61.8 Å². The Morgan fingerprint density at radius 1 is 1.06 bits per heavy atom. The topological polar surface area (TPSA) is 140 Å². The highest BCUT2D eigenvalue weighted by Gasteiger charge is 2.24. The molecule has 5 heterocycles. The maximum absolute atomic E-state index is 13.0. The van der Waals surface area contributed by atoms with Crippen molar-refractivity contribution < 1.29 is 19.1 Å². The van der Waals surface area contributed by atoms with E-state index in [1.807, 2.05) is 12.1 Å². The van der Waals surface area contributed by atoms with Crippen molar-refractivity contribution in [3.63, 3.8) is 0 Å². The first-order valence-corrected chi connectivity index (χ1v) is 12.4. The van der Waals surface area contributed by atoms with Gasteiger partial charge in [0.25, 0.3) is 11.8 Å². The van der Waals surface area contributed by atoms with E-state index in [0.29, 0.717) is 30.3 Å². The van der Waals surface area contributed by atoms with Crippen LogP contribution in [0, 0.1) is 0 Å². The molecule has 3 aromatic heterocycles. The Bertz CT molecular complexity index is 1250. The fraction of sp³-hybridized carbons (Fsp3) is 0.391. The van der Waals surface area contributed by atoms with E-state index in [0.717, 1.165) is 24.1 Å². The number of aryl methyl sites for hydroxylation is 1. The number of carbonyl (C=O) groups excluding carboxylic acids is 3. The van der Waals surface area contributed by atoms with Crippen LogP contribution in [0.5, 0.6) is 0 Å². The molecule has 35 heavy (non-hydrogen) atoms. The van der Waals surface area contributed by atoms with E-state index >= 15 is 0 Å². The summed E-state index contributed by atoms with van der Waals surface area (Å²) < 4.78 is 7.15. The van der Waals surface area contributed by atoms with Crippen molar-refractivity contribution in [2.45, 2.75) is 31.7 Å². The summed E-state index contributed by atoms with van der Waals surface area (Å²) in [6, 6.07) is 3.78. The SMILES string of the molecule is O=C1CCc2cc(ccn2)-c2nc(cs2)C(=O)Nc2cn(C3CCOCC3)nc2C(=O)NCCN1. The Kier molecular flexibility index (Phi) is 6.82. The molecule has 182 valence electrons. The third kappa shape index (κ3) is 5.38. The molecule has 2 aliphatic heterocycles. The van der Waals surface area contributed by atoms with Gasteiger partial charge < -0.3 is 20.7 Å². The number of anilines is 1. The molecule has 0 aliphatic carbocycles. The molecule has 0 spiro atoms. The fourth-order valence-corrected chi connectivity index (χ4v) is 4.82. The monoisotopic (exact) mass is 495 g/mol. The Morgan fingerprint density at radius 3 is 2.74 bits per heavy atom. The molecule has 3 aromatic rings. The Hall–Kier alpha value is -3.64. The van der Waals surface area contributed by atoms with Gasteiger partial charge in [-0.25, -0.2) is 4.98 Å². The Morgan fingerprint density at radius 2 is 1.89 bits per heavy atom. The van der Waals surface area contributed by atoms with Crippen LogP contribution in [-0.4, -0.2) is 63.8 Å². The summed E-state index contributed by atoms with van der Waals surface area (Å²) in [5.74, 6) is -0.976. The second-order valence-corrected chi connectivity index (χ2v) is 9.21. The zero-order valence-electron chi connectivity index (χ0n) is 19.0. The molecule has 11 nitrogen and oxygen atoms in total. The highest BCUT2D eigenvalue weighted by Crippen LogP contribution is 2.27. The molecule has 3 amide bonds. The molecular formula is C23H25N7O4S. The third-order valence-electron chi connectivity index (χ3n) is 5.90. The lowest BCUT2D eigenvalue weighted by Crippen LogP contribution is -2.35. The first kappa shape index (κ1) is 23.1. The van der Waals surface area contributed by atoms with Gasteiger partial charge in [-0.2, -0.15) is 5.10 Å². The summed E-state index contributed by atoms with van der Waals surface area (Å²) in [4.78, 5) is 47.0. The number of nitrogens with one attached hydrogen (secondary N) is 3. The quantitative estimate of drug-likeness (QED) is 0.468. The van der Waals surface area contributed by atoms with Gasteiger partial charge in [-0.3, -0.25) is 24.0 Å². The fourth-order valence-electron chi connectivity index (χ4n) is 4.02. The number of hydrogen-bond donors (Lipinski definition) is 3. The molecule has 0 unspecified atom stereocenters. The molecule has 3 N–H and O–H groups in total. The second-order valence-electron chi connectivity index (χ2n) is 8.35. The number of ether oxygens (including phenoxy) is 1. The van der Waals surface area contributed by atoms with E-state index in [1.165, 1.54) is 11.3 Å². The van der Waals surface area contributed by atoms with E-state index < -0.39 is 11.8 Å². The number of aromatic nitrogens is 4. The molecule has 2 aliphatic rings. The van der Waals surface area contributed by atoms with Gasteiger partial charge >= 0.3 is 0 Å². The van der Waals surface area contributed by atoms with Gasteiger partial charge in [-0.05, 0) is 31.4 Å². The van der Waals surface area contributed by atoms with Crippen LogP contribution in [0.1, 0.15) is 52.0 Å². The summed E-state index contributed by atoms with van der Waals surface area (Å²) in [6.07, 6.45) is 5.64. The van der Waals surface area contributed by atoms with Gasteiger partial charge in [-0.1, -0.05) is 0 Å². The summed E-state index contributed by atoms with van der Waals surface area (Å²) in [6.45, 7) is 1.74. The predicted molar refractivity (Wildman–Crippen MR) is 128 cm³/mol. The summed E-state index contributed by atoms with van der Waals surface area (Å²) >= 11 is 1.34. The molecule has 5 rings (SSSR count). The van der Waals surface area contributed by atoms with Gasteiger partial charge in [0.15, 0.2) is 5.69 Å². The van der Waals surface area contributed by atoms with E-state index in [9.17, 15) is 14.4 Å². The van der Waals surface area contributed by atoms with E-state index in [-0.39, 0.29) is 42.8 Å². The zero-order chi connectivity index (χ0) is 24.2. The number of rotatable bonds is 1. The number of hydrogen-bond acceptors (Lipinski definition) is 8. The molecule has 12 heteroatoms. The van der Waals surface area contributed by atoms with E-state index in [4.69, 9.17) is 4.74 Å². The molecule has 4 bridgehead atoms. The van der Waals surface area contributed by atoms with E-state index in [2.05, 4.69) is 31.0 Å². The van der Waals surface area contributed by atoms with Crippen LogP contribution >= 0.6 is 11.3 Å². The van der Waals surface area contributed by atoms with Crippen LogP contribution in [0.4, 0.5) is 5.69 Å². The summed E-state index contributed by atoms with van der Waals surface area (Å²) in [7, 11) is 0. The van der Waals surface area contributed by atoms with Gasteiger partial charge in [0.05, 0.1) is 11.7 Å². The normalized spacial score (nSPS) is 18.0. The van der Waals surface area contributed by atoms with Crippen molar-refractivity contribution in [1.82, 2.24) is 30.4 Å². The summed E-state index contributed by atoms with van der Waals surface area (Å²) in [5, 5.41) is 15.2. The van der Waals surface area contributed by atoms with E-state index in [1.54, 1.807) is 22.5 Å². The van der Waals surface area contributed by atoms with Crippen molar-refractivity contribution in [2.24, 2.45) is 0 Å². The average molecular weight is 496 g/mol. The molecular weight excluding hydrogens is 470 g/mol. The largest absolute Gasteiger partial charge is 0.381 e. The number of nitrogens with zero attached hydrogens (tertiary/aromatic N) is 4. The number of amides is 3. The highest BCUT2D eigenvalue weighted by atomic mass is 32.1. The van der Waals surface area contributed by atoms with Gasteiger partial charge in [0.1, 0.15) is 10.7 Å². The minimum Gasteiger partial charge on any atom is -0.381 e. The molecule has 0 saturated carbocycles. The van der Waals surface area contributed by atoms with Crippen molar-refractivity contribution in [2.75, 3.05) is 31.6 Å². The Balaban J connectivity index is 1.46. The van der Waals surface area contributed by atoms with Crippen LogP contribution in [0.15, 0.2) is 29.9 Å². The van der Waals surface area contributed by atoms with Crippen LogP contribution in [0.25, 0.3) is 10.6 Å². The molecule has 0 atom stereocenters. The maximum atomic E-state index is 13.0. The highest BCUT2D eigenvalue weighted by molar-refractivity contribution is 7.13. The molecule has 0 radical (unpaired) electrons. The minimum atomic E-state index is -0.431. The lowest BCUT2D eigenvalue weighted by atomic mass is 10.1. The molecule has 1 fully saturated rings. The first-order chi connectivity index (χ1) is 17.1. The van der Waals surface area contributed by atoms with Gasteiger partial charge in [-0.15, -0.1) is 11.3 Å². The summed E-state index contributed by atoms with van der Waals surface area (Å²) in [5.41, 5.74) is 2.26. The number of fused-ring (bicyclic) bond motifs is 6. The van der Waals surface area contributed by atoms with Crippen molar-refractivity contribution in [3.8, 4) is 10.6 Å². The van der Waals surface area contributed by atoms with Crippen LogP contribution in [0.2, 0.25) is 0 Å².